The molecule has 0 atom stereocenters. The van der Waals surface area contributed by atoms with Crippen LogP contribution in [0.15, 0.2) is 152 Å². The fraction of sp³-hybridized carbons (Fsp3) is 0.143. The highest BCUT2D eigenvalue weighted by atomic mass is 15.1. The maximum absolute atomic E-state index is 4.01. The molecule has 0 fully saturated rings. The Morgan fingerprint density at radius 2 is 0.444 bits per heavy atom. The van der Waals surface area contributed by atoms with Crippen molar-refractivity contribution in [2.24, 2.45) is 0 Å². The summed E-state index contributed by atoms with van der Waals surface area (Å²) >= 11 is 0. The zero-order chi connectivity index (χ0) is 37.6. The Bertz CT molecular complexity index is 2020. The molecule has 0 saturated carbocycles. The first-order valence-corrected chi connectivity index (χ1v) is 17.7. The molecule has 0 aliphatic heterocycles. The first kappa shape index (κ1) is 35.3. The molecule has 12 heteroatoms. The van der Waals surface area contributed by atoms with Gasteiger partial charge in [-0.2, -0.15) is 0 Å². The molecule has 6 heterocycles. The van der Waals surface area contributed by atoms with Crippen molar-refractivity contribution in [3.63, 3.8) is 0 Å². The maximum Gasteiger partial charge on any atom is 0.248 e. The second-order valence-corrected chi connectivity index (χ2v) is 13.2. The van der Waals surface area contributed by atoms with Crippen LogP contribution in [-0.4, -0.2) is 27.4 Å². The van der Waals surface area contributed by atoms with Gasteiger partial charge >= 0.3 is 0 Å². The monoisotopic (exact) mass is 720 g/mol. The fourth-order valence-electron chi connectivity index (χ4n) is 7.01. The molecule has 0 unspecified atom stereocenters. The van der Waals surface area contributed by atoms with Gasteiger partial charge in [0, 0.05) is 33.4 Å². The van der Waals surface area contributed by atoms with E-state index in [1.165, 1.54) is 33.4 Å². The molecule has 0 amide bonds. The number of imidazole rings is 6. The van der Waals surface area contributed by atoms with E-state index in [1.54, 1.807) is 0 Å². The predicted molar refractivity (Wildman–Crippen MR) is 207 cm³/mol. The van der Waals surface area contributed by atoms with E-state index >= 15 is 0 Å². The molecule has 54 heavy (non-hydrogen) atoms. The minimum absolute atomic E-state index is 0.647. The van der Waals surface area contributed by atoms with E-state index < -0.39 is 0 Å². The molecule has 12 nitrogen and oxygen atoms in total. The van der Waals surface area contributed by atoms with Gasteiger partial charge in [0.05, 0.1) is 37.2 Å². The summed E-state index contributed by atoms with van der Waals surface area (Å²) in [6.45, 7) is 27.9. The Balaban J connectivity index is 1.57. The number of hydrogen-bond donors (Lipinski definition) is 0. The molecule has 1 aromatic carbocycles. The van der Waals surface area contributed by atoms with Gasteiger partial charge in [0.1, 0.15) is 114 Å². The first-order chi connectivity index (χ1) is 26.4. The van der Waals surface area contributed by atoms with Gasteiger partial charge in [-0.15, -0.1) is 0 Å². The SMILES string of the molecule is C=Cn1cc[n+](Cc2c(C[n+]3ccn(C=C)c3)c(C[n+]3ccn(C=C)c3)c(C[n+]3ccn(C=C)c3)c(C[n+]3ccn(C=C)c3)c2C[n+]2ccn(C=C)c2)c1. The van der Waals surface area contributed by atoms with Crippen LogP contribution in [0.2, 0.25) is 0 Å². The van der Waals surface area contributed by atoms with Gasteiger partial charge in [0.15, 0.2) is 0 Å². The van der Waals surface area contributed by atoms with Crippen LogP contribution in [0.3, 0.4) is 0 Å². The van der Waals surface area contributed by atoms with Crippen LogP contribution in [0.5, 0.6) is 0 Å². The zero-order valence-corrected chi connectivity index (χ0v) is 30.7. The van der Waals surface area contributed by atoms with Crippen molar-refractivity contribution >= 4 is 37.2 Å². The van der Waals surface area contributed by atoms with Crippen LogP contribution >= 0.6 is 0 Å². The lowest BCUT2D eigenvalue weighted by molar-refractivity contribution is -0.700. The van der Waals surface area contributed by atoms with Crippen LogP contribution in [0.4, 0.5) is 0 Å². The van der Waals surface area contributed by atoms with E-state index in [9.17, 15) is 0 Å². The highest BCUT2D eigenvalue weighted by Crippen LogP contribution is 2.30. The minimum Gasteiger partial charge on any atom is -0.232 e. The van der Waals surface area contributed by atoms with Crippen molar-refractivity contribution in [2.45, 2.75) is 39.3 Å². The number of rotatable bonds is 18. The van der Waals surface area contributed by atoms with Crippen LogP contribution in [0, 0.1) is 0 Å². The molecule has 0 spiro atoms. The van der Waals surface area contributed by atoms with Gasteiger partial charge < -0.3 is 0 Å². The third kappa shape index (κ3) is 7.58. The van der Waals surface area contributed by atoms with Gasteiger partial charge in [-0.3, -0.25) is 0 Å². The Hall–Kier alpha value is -7.08. The van der Waals surface area contributed by atoms with Crippen molar-refractivity contribution in [1.29, 1.82) is 0 Å². The van der Waals surface area contributed by atoms with Gasteiger partial charge in [-0.05, 0) is 0 Å². The van der Waals surface area contributed by atoms with Gasteiger partial charge in [0.25, 0.3) is 0 Å². The smallest absolute Gasteiger partial charge is 0.232 e. The van der Waals surface area contributed by atoms with E-state index in [0.29, 0.717) is 39.3 Å². The molecule has 270 valence electrons. The van der Waals surface area contributed by atoms with Crippen molar-refractivity contribution in [1.82, 2.24) is 27.4 Å². The summed E-state index contributed by atoms with van der Waals surface area (Å²) in [5.41, 5.74) is 7.55. The molecule has 0 aliphatic rings. The summed E-state index contributed by atoms with van der Waals surface area (Å²) in [6, 6.07) is 0. The highest BCUT2D eigenvalue weighted by Gasteiger charge is 2.31. The Morgan fingerprint density at radius 1 is 0.296 bits per heavy atom. The summed E-state index contributed by atoms with van der Waals surface area (Å²) in [5.74, 6) is 0. The third-order valence-corrected chi connectivity index (χ3v) is 9.77. The Labute approximate surface area is 315 Å². The molecular formula is C42H48N12+6. The summed E-state index contributed by atoms with van der Waals surface area (Å²) in [4.78, 5) is 0. The Morgan fingerprint density at radius 3 is 0.556 bits per heavy atom. The van der Waals surface area contributed by atoms with Gasteiger partial charge in [-0.1, -0.05) is 39.5 Å². The van der Waals surface area contributed by atoms with Crippen molar-refractivity contribution in [2.75, 3.05) is 0 Å². The second kappa shape index (κ2) is 15.7. The van der Waals surface area contributed by atoms with E-state index in [0.717, 1.165) is 0 Å². The van der Waals surface area contributed by atoms with Crippen molar-refractivity contribution in [3.8, 4) is 0 Å². The van der Waals surface area contributed by atoms with E-state index in [2.05, 4.69) is 142 Å². The molecule has 0 radical (unpaired) electrons. The number of aromatic nitrogens is 12. The molecule has 0 N–H and O–H groups in total. The summed E-state index contributed by atoms with van der Waals surface area (Å²) in [7, 11) is 0. The van der Waals surface area contributed by atoms with Crippen LogP contribution < -0.4 is 27.4 Å². The quantitative estimate of drug-likeness (QED) is 0.123. The molecule has 0 bridgehead atoms. The second-order valence-electron chi connectivity index (χ2n) is 13.2. The average Bonchev–Trinajstić information content (AvgIpc) is 4.05. The third-order valence-electron chi connectivity index (χ3n) is 9.77. The largest absolute Gasteiger partial charge is 0.248 e. The standard InChI is InChI=1S/C42H48N12/c1-7-43-13-19-49(31-43)25-37-38(26-50-20-14-44(8-2)32-50)40(28-52-22-16-46(10-4)34-52)42(30-54-24-18-48(12-6)36-54)41(29-53-23-17-47(11-5)35-53)39(37)27-51-21-15-45(9-3)33-51/h7-24,31-36H,1-6,25-30H2/q+6. The first-order valence-electron chi connectivity index (χ1n) is 17.7. The van der Waals surface area contributed by atoms with E-state index in [4.69, 9.17) is 0 Å². The van der Waals surface area contributed by atoms with Crippen LogP contribution in [0.1, 0.15) is 33.4 Å². The molecule has 7 aromatic rings. The topological polar surface area (TPSA) is 52.9 Å². The molecule has 0 aliphatic carbocycles. The van der Waals surface area contributed by atoms with E-state index in [-0.39, 0.29) is 0 Å². The lowest BCUT2D eigenvalue weighted by Crippen LogP contribution is -2.44. The number of nitrogens with zero attached hydrogens (tertiary/aromatic N) is 12. The molecular weight excluding hydrogens is 673 g/mol. The van der Waals surface area contributed by atoms with E-state index in [1.807, 2.05) is 102 Å². The average molecular weight is 721 g/mol. The van der Waals surface area contributed by atoms with Crippen molar-refractivity contribution in [3.05, 3.63) is 185 Å². The lowest BCUT2D eigenvalue weighted by Gasteiger charge is -2.24. The summed E-state index contributed by atoms with van der Waals surface area (Å²) < 4.78 is 25.3. The van der Waals surface area contributed by atoms with Crippen LogP contribution in [-0.2, 0) is 39.3 Å². The highest BCUT2D eigenvalue weighted by molar-refractivity contribution is 5.51. The Kier molecular flexibility index (Phi) is 10.2. The summed E-state index contributed by atoms with van der Waals surface area (Å²) in [6.07, 6.45) is 48.2. The fourth-order valence-corrected chi connectivity index (χ4v) is 7.01. The van der Waals surface area contributed by atoms with Crippen LogP contribution in [0.25, 0.3) is 37.2 Å². The minimum atomic E-state index is 0.647. The predicted octanol–water partition coefficient (Wildman–Crippen LogP) is 3.11. The molecule has 6 aromatic heterocycles. The molecule has 0 saturated heterocycles. The van der Waals surface area contributed by atoms with Gasteiger partial charge in [-0.25, -0.2) is 54.8 Å². The normalized spacial score (nSPS) is 11.1. The number of hydrogen-bond acceptors (Lipinski definition) is 0. The lowest BCUT2D eigenvalue weighted by atomic mass is 9.85. The maximum atomic E-state index is 4.01. The molecule has 7 rings (SSSR count). The van der Waals surface area contributed by atoms with Crippen molar-refractivity contribution < 1.29 is 27.4 Å². The number of benzene rings is 1. The summed E-state index contributed by atoms with van der Waals surface area (Å²) in [5, 5.41) is 0. The van der Waals surface area contributed by atoms with Gasteiger partial charge in [0.2, 0.25) is 38.0 Å². The zero-order valence-electron chi connectivity index (χ0n) is 30.7.